The molecule has 2 aliphatic carbocycles. The Hall–Kier alpha value is -0.380. The number of hydrogen-bond acceptors (Lipinski definition) is 3. The molecule has 14 heavy (non-hydrogen) atoms. The highest BCUT2D eigenvalue weighted by atomic mass is 16.6. The smallest absolute Gasteiger partial charge is 0.109 e. The fourth-order valence-corrected chi connectivity index (χ4v) is 4.19. The van der Waals surface area contributed by atoms with Gasteiger partial charge in [0, 0.05) is 0 Å². The van der Waals surface area contributed by atoms with Crippen LogP contribution in [0.15, 0.2) is 12.2 Å². The molecule has 0 radical (unpaired) electrons. The molecule has 2 aliphatic heterocycles. The Labute approximate surface area is 82.4 Å². The number of rotatable bonds is 0. The van der Waals surface area contributed by atoms with Crippen molar-refractivity contribution in [1.82, 2.24) is 0 Å². The van der Waals surface area contributed by atoms with E-state index in [4.69, 9.17) is 4.74 Å². The highest BCUT2D eigenvalue weighted by molar-refractivity contribution is 5.23. The van der Waals surface area contributed by atoms with Crippen LogP contribution in [0.5, 0.6) is 0 Å². The quantitative estimate of drug-likeness (QED) is 0.531. The minimum Gasteiger partial charge on any atom is -0.388 e. The summed E-state index contributed by atoms with van der Waals surface area (Å²) in [6, 6.07) is 0. The number of hydrogen-bond donors (Lipinski definition) is 2. The molecule has 1 saturated carbocycles. The van der Waals surface area contributed by atoms with Crippen LogP contribution in [0.4, 0.5) is 0 Å². The number of aliphatic hydroxyl groups is 2. The van der Waals surface area contributed by atoms with Gasteiger partial charge in [0.05, 0.1) is 12.2 Å². The standard InChI is InChI=1S/C11H14O3/c12-8-9(13)11-7-5-2-1-4(3-5)6(7)10(8)14-11/h1-2,4-13H,3H2. The number of fused-ring (bicyclic) bond motifs is 9. The first kappa shape index (κ1) is 7.85. The molecule has 3 heteroatoms. The van der Waals surface area contributed by atoms with E-state index in [1.54, 1.807) is 0 Å². The number of allylic oxidation sites excluding steroid dienone is 2. The summed E-state index contributed by atoms with van der Waals surface area (Å²) in [5.74, 6) is 2.16. The molecule has 0 aromatic heterocycles. The molecule has 2 N–H and O–H groups in total. The van der Waals surface area contributed by atoms with Crippen LogP contribution < -0.4 is 0 Å². The lowest BCUT2D eigenvalue weighted by atomic mass is 9.71. The molecule has 0 amide bonds. The van der Waals surface area contributed by atoms with Gasteiger partial charge in [-0.05, 0) is 30.1 Å². The molecular formula is C11H14O3. The second-order valence-corrected chi connectivity index (χ2v) is 5.15. The first-order chi connectivity index (χ1) is 6.77. The third-order valence-corrected chi connectivity index (χ3v) is 4.68. The summed E-state index contributed by atoms with van der Waals surface area (Å²) < 4.78 is 5.70. The summed E-state index contributed by atoms with van der Waals surface area (Å²) in [5.41, 5.74) is 0. The first-order valence-electron chi connectivity index (χ1n) is 5.47. The zero-order chi connectivity index (χ0) is 9.45. The summed E-state index contributed by atoms with van der Waals surface area (Å²) in [4.78, 5) is 0. The van der Waals surface area contributed by atoms with E-state index in [2.05, 4.69) is 12.2 Å². The average Bonchev–Trinajstić information content (AvgIpc) is 2.87. The Bertz CT molecular complexity index is 286. The van der Waals surface area contributed by atoms with E-state index in [9.17, 15) is 10.2 Å². The first-order valence-corrected chi connectivity index (χ1v) is 5.47. The Morgan fingerprint density at radius 2 is 1.43 bits per heavy atom. The van der Waals surface area contributed by atoms with Crippen LogP contribution in [-0.2, 0) is 4.74 Å². The van der Waals surface area contributed by atoms with Crippen LogP contribution in [0, 0.1) is 23.7 Å². The van der Waals surface area contributed by atoms with Crippen LogP contribution in [0.25, 0.3) is 0 Å². The van der Waals surface area contributed by atoms with Gasteiger partial charge in [-0.3, -0.25) is 0 Å². The molecule has 8 atom stereocenters. The largest absolute Gasteiger partial charge is 0.388 e. The van der Waals surface area contributed by atoms with Crippen molar-refractivity contribution in [1.29, 1.82) is 0 Å². The average molecular weight is 194 g/mol. The van der Waals surface area contributed by atoms with Crippen molar-refractivity contribution in [2.75, 3.05) is 0 Å². The molecule has 0 aromatic rings. The van der Waals surface area contributed by atoms with Gasteiger partial charge in [-0.25, -0.2) is 0 Å². The SMILES string of the molecule is OC1C(O)C2OC1C1C3C=CC(C3)C21. The lowest BCUT2D eigenvalue weighted by molar-refractivity contribution is -0.0233. The van der Waals surface area contributed by atoms with Crippen molar-refractivity contribution in [3.63, 3.8) is 0 Å². The summed E-state index contributed by atoms with van der Waals surface area (Å²) in [7, 11) is 0. The highest BCUT2D eigenvalue weighted by Gasteiger charge is 2.65. The van der Waals surface area contributed by atoms with Gasteiger partial charge in [-0.2, -0.15) is 0 Å². The van der Waals surface area contributed by atoms with E-state index >= 15 is 0 Å². The van der Waals surface area contributed by atoms with Gasteiger partial charge in [0.1, 0.15) is 12.2 Å². The predicted octanol–water partition coefficient (Wildman–Crippen LogP) is -0.0725. The maximum atomic E-state index is 9.76. The summed E-state index contributed by atoms with van der Waals surface area (Å²) in [6.45, 7) is 0. The van der Waals surface area contributed by atoms with Gasteiger partial charge in [0.25, 0.3) is 0 Å². The molecule has 4 aliphatic rings. The van der Waals surface area contributed by atoms with Crippen LogP contribution in [-0.4, -0.2) is 34.6 Å². The zero-order valence-electron chi connectivity index (χ0n) is 7.78. The van der Waals surface area contributed by atoms with Crippen molar-refractivity contribution in [3.8, 4) is 0 Å². The molecule has 0 spiro atoms. The minimum absolute atomic E-state index is 0.0973. The normalized spacial score (nSPS) is 67.9. The Kier molecular flexibility index (Phi) is 1.25. The third kappa shape index (κ3) is 0.658. The molecule has 3 fully saturated rings. The lowest BCUT2D eigenvalue weighted by Crippen LogP contribution is -2.47. The van der Waals surface area contributed by atoms with Crippen LogP contribution >= 0.6 is 0 Å². The van der Waals surface area contributed by atoms with E-state index in [0.29, 0.717) is 23.7 Å². The summed E-state index contributed by atoms with van der Waals surface area (Å²) in [5, 5.41) is 19.5. The summed E-state index contributed by atoms with van der Waals surface area (Å²) >= 11 is 0. The van der Waals surface area contributed by atoms with Gasteiger partial charge in [-0.1, -0.05) is 12.2 Å². The maximum Gasteiger partial charge on any atom is 0.109 e. The zero-order valence-corrected chi connectivity index (χ0v) is 7.78. The van der Waals surface area contributed by atoms with E-state index in [0.717, 1.165) is 0 Å². The second-order valence-electron chi connectivity index (χ2n) is 5.15. The van der Waals surface area contributed by atoms with E-state index in [1.807, 2.05) is 0 Å². The van der Waals surface area contributed by atoms with E-state index in [-0.39, 0.29) is 12.2 Å². The molecule has 2 saturated heterocycles. The molecule has 8 unspecified atom stereocenters. The monoisotopic (exact) mass is 194 g/mol. The van der Waals surface area contributed by atoms with Crippen LogP contribution in [0.1, 0.15) is 6.42 Å². The van der Waals surface area contributed by atoms with Crippen molar-refractivity contribution in [3.05, 3.63) is 12.2 Å². The molecular weight excluding hydrogens is 180 g/mol. The molecule has 4 bridgehead atoms. The predicted molar refractivity (Wildman–Crippen MR) is 48.4 cm³/mol. The molecule has 4 rings (SSSR count). The molecule has 76 valence electrons. The van der Waals surface area contributed by atoms with Crippen molar-refractivity contribution in [2.45, 2.75) is 30.8 Å². The molecule has 2 heterocycles. The Balaban J connectivity index is 1.78. The minimum atomic E-state index is -0.644. The van der Waals surface area contributed by atoms with Gasteiger partial charge >= 0.3 is 0 Å². The van der Waals surface area contributed by atoms with Gasteiger partial charge in [-0.15, -0.1) is 0 Å². The fourth-order valence-electron chi connectivity index (χ4n) is 4.19. The van der Waals surface area contributed by atoms with Crippen LogP contribution in [0.3, 0.4) is 0 Å². The van der Waals surface area contributed by atoms with Gasteiger partial charge in [0.15, 0.2) is 0 Å². The highest BCUT2D eigenvalue weighted by Crippen LogP contribution is 2.59. The van der Waals surface area contributed by atoms with Gasteiger partial charge in [0.2, 0.25) is 0 Å². The second kappa shape index (κ2) is 2.23. The molecule has 0 aromatic carbocycles. The van der Waals surface area contributed by atoms with E-state index in [1.165, 1.54) is 6.42 Å². The maximum absolute atomic E-state index is 9.76. The number of aliphatic hydroxyl groups excluding tert-OH is 2. The molecule has 3 nitrogen and oxygen atoms in total. The van der Waals surface area contributed by atoms with E-state index < -0.39 is 12.2 Å². The topological polar surface area (TPSA) is 49.7 Å². The van der Waals surface area contributed by atoms with Crippen molar-refractivity contribution < 1.29 is 14.9 Å². The van der Waals surface area contributed by atoms with Crippen molar-refractivity contribution in [2.24, 2.45) is 23.7 Å². The van der Waals surface area contributed by atoms with Crippen LogP contribution in [0.2, 0.25) is 0 Å². The Morgan fingerprint density at radius 1 is 0.929 bits per heavy atom. The lowest BCUT2D eigenvalue weighted by Gasteiger charge is -2.34. The third-order valence-electron chi connectivity index (χ3n) is 4.68. The van der Waals surface area contributed by atoms with Crippen molar-refractivity contribution >= 4 is 0 Å². The van der Waals surface area contributed by atoms with Gasteiger partial charge < -0.3 is 14.9 Å². The summed E-state index contributed by atoms with van der Waals surface area (Å²) in [6.07, 6.45) is 4.28. The fraction of sp³-hybridized carbons (Fsp3) is 0.818. The Morgan fingerprint density at radius 3 is 1.93 bits per heavy atom. The number of ether oxygens (including phenoxy) is 1.